The van der Waals surface area contributed by atoms with Crippen molar-refractivity contribution in [2.75, 3.05) is 33.4 Å². The molecule has 2 rings (SSSR count). The number of hydrogen-bond donors (Lipinski definition) is 0. The lowest BCUT2D eigenvalue weighted by molar-refractivity contribution is 0.229. The molecule has 0 spiro atoms. The van der Waals surface area contributed by atoms with Gasteiger partial charge in [-0.3, -0.25) is 4.90 Å². The van der Waals surface area contributed by atoms with E-state index < -0.39 is 0 Å². The fourth-order valence-electron chi connectivity index (χ4n) is 2.21. The van der Waals surface area contributed by atoms with Gasteiger partial charge >= 0.3 is 0 Å². The van der Waals surface area contributed by atoms with Crippen molar-refractivity contribution in [3.63, 3.8) is 0 Å². The van der Waals surface area contributed by atoms with Gasteiger partial charge in [-0.1, -0.05) is 0 Å². The molecule has 0 amide bonds. The maximum atomic E-state index is 8.92. The lowest BCUT2D eigenvalue weighted by atomic mass is 10.2. The molecule has 5 heteroatoms. The first-order valence-electron chi connectivity index (χ1n) is 6.37. The van der Waals surface area contributed by atoms with Gasteiger partial charge < -0.3 is 9.47 Å². The minimum Gasteiger partial charge on any atom is -0.493 e. The van der Waals surface area contributed by atoms with Crippen molar-refractivity contribution in [3.8, 4) is 17.6 Å². The van der Waals surface area contributed by atoms with E-state index in [2.05, 4.69) is 26.9 Å². The largest absolute Gasteiger partial charge is 0.493 e. The zero-order chi connectivity index (χ0) is 13.7. The standard InChI is InChI=1S/C14H17BrN2O2/c1-18-13-9-11(10-16)8-12(15)14(13)19-7-6-17-4-2-3-5-17/h8-9H,2-7H2,1H3. The van der Waals surface area contributed by atoms with Gasteiger partial charge in [0.15, 0.2) is 11.5 Å². The number of nitriles is 1. The quantitative estimate of drug-likeness (QED) is 0.835. The highest BCUT2D eigenvalue weighted by Crippen LogP contribution is 2.36. The van der Waals surface area contributed by atoms with Gasteiger partial charge in [0.25, 0.3) is 0 Å². The van der Waals surface area contributed by atoms with E-state index in [-0.39, 0.29) is 0 Å². The molecule has 0 atom stereocenters. The fraction of sp³-hybridized carbons (Fsp3) is 0.500. The van der Waals surface area contributed by atoms with Crippen LogP contribution in [0.2, 0.25) is 0 Å². The Labute approximate surface area is 122 Å². The summed E-state index contributed by atoms with van der Waals surface area (Å²) >= 11 is 3.42. The molecule has 0 bridgehead atoms. The Morgan fingerprint density at radius 3 is 2.74 bits per heavy atom. The molecular formula is C14H17BrN2O2. The summed E-state index contributed by atoms with van der Waals surface area (Å²) in [6, 6.07) is 5.53. The first-order chi connectivity index (χ1) is 9.24. The van der Waals surface area contributed by atoms with Crippen LogP contribution in [-0.4, -0.2) is 38.3 Å². The predicted octanol–water partition coefficient (Wildman–Crippen LogP) is 2.80. The van der Waals surface area contributed by atoms with Crippen molar-refractivity contribution >= 4 is 15.9 Å². The monoisotopic (exact) mass is 324 g/mol. The molecule has 0 aliphatic carbocycles. The summed E-state index contributed by atoms with van der Waals surface area (Å²) < 4.78 is 11.8. The smallest absolute Gasteiger partial charge is 0.175 e. The molecule has 0 saturated carbocycles. The fourth-order valence-corrected chi connectivity index (χ4v) is 2.76. The van der Waals surface area contributed by atoms with Crippen LogP contribution in [0.1, 0.15) is 18.4 Å². The number of likely N-dealkylation sites (tertiary alicyclic amines) is 1. The van der Waals surface area contributed by atoms with Gasteiger partial charge in [0.05, 0.1) is 23.2 Å². The Morgan fingerprint density at radius 1 is 1.37 bits per heavy atom. The summed E-state index contributed by atoms with van der Waals surface area (Å²) in [5, 5.41) is 8.92. The van der Waals surface area contributed by atoms with Crippen LogP contribution < -0.4 is 9.47 Å². The summed E-state index contributed by atoms with van der Waals surface area (Å²) in [5.74, 6) is 1.26. The van der Waals surface area contributed by atoms with E-state index in [0.29, 0.717) is 23.7 Å². The molecule has 1 aromatic rings. The molecule has 1 saturated heterocycles. The molecule has 102 valence electrons. The first kappa shape index (κ1) is 14.2. The topological polar surface area (TPSA) is 45.5 Å². The van der Waals surface area contributed by atoms with Crippen LogP contribution in [-0.2, 0) is 0 Å². The molecule has 0 aromatic heterocycles. The number of halogens is 1. The van der Waals surface area contributed by atoms with Crippen LogP contribution >= 0.6 is 15.9 Å². The molecule has 19 heavy (non-hydrogen) atoms. The molecule has 1 aliphatic heterocycles. The van der Waals surface area contributed by atoms with E-state index in [1.54, 1.807) is 19.2 Å². The summed E-state index contributed by atoms with van der Waals surface area (Å²) in [4.78, 5) is 2.39. The Kier molecular flexibility index (Phi) is 5.06. The molecule has 1 heterocycles. The summed E-state index contributed by atoms with van der Waals surface area (Å²) in [6.07, 6.45) is 2.56. The first-order valence-corrected chi connectivity index (χ1v) is 7.16. The van der Waals surface area contributed by atoms with Crippen LogP contribution in [0.3, 0.4) is 0 Å². The Balaban J connectivity index is 2.00. The minimum atomic E-state index is 0.551. The Bertz CT molecular complexity index is 479. The molecule has 1 fully saturated rings. The lowest BCUT2D eigenvalue weighted by Gasteiger charge is -2.17. The van der Waals surface area contributed by atoms with Gasteiger partial charge in [-0.15, -0.1) is 0 Å². The summed E-state index contributed by atoms with van der Waals surface area (Å²) in [7, 11) is 1.58. The highest BCUT2D eigenvalue weighted by molar-refractivity contribution is 9.10. The molecule has 1 aliphatic rings. The molecular weight excluding hydrogens is 308 g/mol. The van der Waals surface area contributed by atoms with Crippen LogP contribution in [0.15, 0.2) is 16.6 Å². The van der Waals surface area contributed by atoms with Crippen molar-refractivity contribution in [2.24, 2.45) is 0 Å². The van der Waals surface area contributed by atoms with Gasteiger partial charge in [0, 0.05) is 12.6 Å². The number of nitrogens with zero attached hydrogens (tertiary/aromatic N) is 2. The van der Waals surface area contributed by atoms with Gasteiger partial charge in [0.1, 0.15) is 6.61 Å². The second kappa shape index (κ2) is 6.78. The maximum Gasteiger partial charge on any atom is 0.175 e. The number of ether oxygens (including phenoxy) is 2. The van der Waals surface area contributed by atoms with Crippen molar-refractivity contribution in [1.29, 1.82) is 5.26 Å². The zero-order valence-electron chi connectivity index (χ0n) is 11.0. The van der Waals surface area contributed by atoms with Crippen molar-refractivity contribution in [2.45, 2.75) is 12.8 Å². The van der Waals surface area contributed by atoms with Crippen LogP contribution in [0.4, 0.5) is 0 Å². The van der Waals surface area contributed by atoms with Gasteiger partial charge in [-0.25, -0.2) is 0 Å². The molecule has 4 nitrogen and oxygen atoms in total. The van der Waals surface area contributed by atoms with E-state index in [9.17, 15) is 0 Å². The van der Waals surface area contributed by atoms with Crippen LogP contribution in [0.25, 0.3) is 0 Å². The molecule has 0 radical (unpaired) electrons. The number of methoxy groups -OCH3 is 1. The Hall–Kier alpha value is -1.25. The molecule has 0 unspecified atom stereocenters. The molecule has 0 N–H and O–H groups in total. The third-order valence-electron chi connectivity index (χ3n) is 3.21. The maximum absolute atomic E-state index is 8.92. The van der Waals surface area contributed by atoms with Crippen molar-refractivity contribution in [3.05, 3.63) is 22.2 Å². The summed E-state index contributed by atoms with van der Waals surface area (Å²) in [6.45, 7) is 3.88. The average Bonchev–Trinajstić information content (AvgIpc) is 2.93. The second-order valence-corrected chi connectivity index (χ2v) is 5.35. The number of benzene rings is 1. The SMILES string of the molecule is COc1cc(C#N)cc(Br)c1OCCN1CCCC1. The Morgan fingerprint density at radius 2 is 2.11 bits per heavy atom. The van der Waals surface area contributed by atoms with E-state index >= 15 is 0 Å². The van der Waals surface area contributed by atoms with E-state index in [1.165, 1.54) is 12.8 Å². The van der Waals surface area contributed by atoms with Crippen LogP contribution in [0.5, 0.6) is 11.5 Å². The lowest BCUT2D eigenvalue weighted by Crippen LogP contribution is -2.25. The van der Waals surface area contributed by atoms with Crippen LogP contribution in [0, 0.1) is 11.3 Å². The van der Waals surface area contributed by atoms with Crippen molar-refractivity contribution < 1.29 is 9.47 Å². The predicted molar refractivity (Wildman–Crippen MR) is 76.6 cm³/mol. The minimum absolute atomic E-state index is 0.551. The summed E-state index contributed by atoms with van der Waals surface area (Å²) in [5.41, 5.74) is 0.551. The van der Waals surface area contributed by atoms with Gasteiger partial charge in [-0.2, -0.15) is 5.26 Å². The van der Waals surface area contributed by atoms with E-state index in [4.69, 9.17) is 14.7 Å². The van der Waals surface area contributed by atoms with E-state index in [1.807, 2.05) is 0 Å². The third-order valence-corrected chi connectivity index (χ3v) is 3.80. The number of rotatable bonds is 5. The normalized spacial score (nSPS) is 15.2. The second-order valence-electron chi connectivity index (χ2n) is 4.50. The average molecular weight is 325 g/mol. The zero-order valence-corrected chi connectivity index (χ0v) is 12.6. The van der Waals surface area contributed by atoms with Gasteiger partial charge in [-0.05, 0) is 47.9 Å². The number of hydrogen-bond acceptors (Lipinski definition) is 4. The third kappa shape index (κ3) is 3.62. The van der Waals surface area contributed by atoms with Crippen molar-refractivity contribution in [1.82, 2.24) is 4.90 Å². The van der Waals surface area contributed by atoms with E-state index in [0.717, 1.165) is 24.1 Å². The highest BCUT2D eigenvalue weighted by Gasteiger charge is 2.14. The molecule has 1 aromatic carbocycles. The van der Waals surface area contributed by atoms with Gasteiger partial charge in [0.2, 0.25) is 0 Å². The highest BCUT2D eigenvalue weighted by atomic mass is 79.9.